The van der Waals surface area contributed by atoms with Gasteiger partial charge in [0.05, 0.1) is 13.2 Å². The summed E-state index contributed by atoms with van der Waals surface area (Å²) < 4.78 is 40.6. The van der Waals surface area contributed by atoms with Crippen LogP contribution in [0.2, 0.25) is 0 Å². The lowest BCUT2D eigenvalue weighted by atomic mass is 10.1. The van der Waals surface area contributed by atoms with Crippen LogP contribution in [0.3, 0.4) is 0 Å². The maximum Gasteiger partial charge on any atom is 0.411 e. The van der Waals surface area contributed by atoms with Crippen LogP contribution in [0.25, 0.3) is 0 Å². The first kappa shape index (κ1) is 21.0. The fourth-order valence-corrected chi connectivity index (χ4v) is 1.59. The van der Waals surface area contributed by atoms with Gasteiger partial charge in [0.2, 0.25) is 0 Å². The van der Waals surface area contributed by atoms with E-state index in [1.807, 2.05) is 13.0 Å². The number of alkyl halides is 3. The summed E-state index contributed by atoms with van der Waals surface area (Å²) in [4.78, 5) is 4.16. The Morgan fingerprint density at radius 1 is 1.32 bits per heavy atom. The van der Waals surface area contributed by atoms with Crippen molar-refractivity contribution in [2.75, 3.05) is 13.2 Å². The van der Waals surface area contributed by atoms with E-state index in [0.717, 1.165) is 18.5 Å². The number of guanidine groups is 1. The van der Waals surface area contributed by atoms with E-state index in [1.54, 1.807) is 18.2 Å². The molecular weight excluding hydrogens is 410 g/mol. The largest absolute Gasteiger partial charge is 0.411 e. The lowest BCUT2D eigenvalue weighted by molar-refractivity contribution is -0.176. The molecule has 0 atom stereocenters. The summed E-state index contributed by atoms with van der Waals surface area (Å²) in [5.41, 5.74) is 7.20. The van der Waals surface area contributed by atoms with Gasteiger partial charge >= 0.3 is 6.18 Å². The monoisotopic (exact) mass is 431 g/mol. The van der Waals surface area contributed by atoms with E-state index in [-0.39, 0.29) is 30.6 Å². The number of nitrogens with two attached hydrogens (primary N) is 1. The van der Waals surface area contributed by atoms with Crippen LogP contribution in [-0.2, 0) is 17.9 Å². The molecule has 0 saturated carbocycles. The molecule has 0 amide bonds. The second-order valence-electron chi connectivity index (χ2n) is 4.56. The van der Waals surface area contributed by atoms with Gasteiger partial charge in [-0.2, -0.15) is 13.2 Å². The quantitative estimate of drug-likeness (QED) is 0.396. The first-order valence-corrected chi connectivity index (χ1v) is 6.67. The molecule has 0 aliphatic carbocycles. The Bertz CT molecular complexity index is 467. The van der Waals surface area contributed by atoms with Crippen molar-refractivity contribution in [3.05, 3.63) is 35.4 Å². The van der Waals surface area contributed by atoms with Gasteiger partial charge in [0, 0.05) is 6.54 Å². The van der Waals surface area contributed by atoms with Crippen molar-refractivity contribution in [2.24, 2.45) is 10.7 Å². The number of rotatable bonds is 7. The average molecular weight is 431 g/mol. The highest BCUT2D eigenvalue weighted by molar-refractivity contribution is 14.0. The third-order valence-corrected chi connectivity index (χ3v) is 2.51. The maximum atomic E-state index is 12.0. The van der Waals surface area contributed by atoms with Gasteiger partial charge in [-0.25, -0.2) is 4.99 Å². The number of nitrogens with zero attached hydrogens (tertiary/aromatic N) is 1. The molecule has 4 nitrogen and oxygen atoms in total. The molecule has 0 aliphatic rings. The molecule has 0 unspecified atom stereocenters. The van der Waals surface area contributed by atoms with E-state index in [2.05, 4.69) is 15.0 Å². The van der Waals surface area contributed by atoms with Gasteiger partial charge in [-0.3, -0.25) is 0 Å². The highest BCUT2D eigenvalue weighted by Gasteiger charge is 2.27. The summed E-state index contributed by atoms with van der Waals surface area (Å²) in [6.07, 6.45) is -3.36. The Morgan fingerprint density at radius 3 is 2.64 bits per heavy atom. The van der Waals surface area contributed by atoms with Crippen LogP contribution in [0, 0.1) is 0 Å². The average Bonchev–Trinajstić information content (AvgIpc) is 2.42. The van der Waals surface area contributed by atoms with Gasteiger partial charge in [0.1, 0.15) is 6.61 Å². The Morgan fingerprint density at radius 2 is 2.00 bits per heavy atom. The van der Waals surface area contributed by atoms with Crippen LogP contribution in [0.15, 0.2) is 29.3 Å². The van der Waals surface area contributed by atoms with Crippen molar-refractivity contribution < 1.29 is 17.9 Å². The van der Waals surface area contributed by atoms with Crippen LogP contribution >= 0.6 is 24.0 Å². The van der Waals surface area contributed by atoms with Gasteiger partial charge in [-0.15, -0.1) is 24.0 Å². The molecule has 0 heterocycles. The molecule has 126 valence electrons. The smallest absolute Gasteiger partial charge is 0.370 e. The van der Waals surface area contributed by atoms with E-state index in [0.29, 0.717) is 18.1 Å². The maximum absolute atomic E-state index is 12.0. The topological polar surface area (TPSA) is 59.6 Å². The minimum absolute atomic E-state index is 0. The van der Waals surface area contributed by atoms with Crippen molar-refractivity contribution >= 4 is 29.9 Å². The molecule has 0 fully saturated rings. The van der Waals surface area contributed by atoms with Crippen molar-refractivity contribution in [3.63, 3.8) is 0 Å². The Hall–Kier alpha value is -1.03. The summed E-state index contributed by atoms with van der Waals surface area (Å²) in [6.45, 7) is 1.81. The predicted octanol–water partition coefficient (Wildman–Crippen LogP) is 3.20. The van der Waals surface area contributed by atoms with Crippen LogP contribution in [-0.4, -0.2) is 25.3 Å². The third kappa shape index (κ3) is 9.82. The lowest BCUT2D eigenvalue weighted by Gasteiger charge is -2.08. The Balaban J connectivity index is 0.00000441. The SMILES string of the molecule is CCCNC(N)=NCc1cccc(COCC(F)(F)F)c1.I. The molecule has 0 spiro atoms. The van der Waals surface area contributed by atoms with Crippen molar-refractivity contribution in [1.82, 2.24) is 5.32 Å². The van der Waals surface area contributed by atoms with Crippen molar-refractivity contribution in [1.29, 1.82) is 0 Å². The summed E-state index contributed by atoms with van der Waals surface area (Å²) in [7, 11) is 0. The molecule has 0 saturated heterocycles. The molecule has 1 aromatic carbocycles. The molecular formula is C14H21F3IN3O. The number of ether oxygens (including phenoxy) is 1. The minimum atomic E-state index is -4.30. The molecule has 3 N–H and O–H groups in total. The van der Waals surface area contributed by atoms with Crippen molar-refractivity contribution in [3.8, 4) is 0 Å². The van der Waals surface area contributed by atoms with Crippen LogP contribution < -0.4 is 11.1 Å². The molecule has 22 heavy (non-hydrogen) atoms. The van der Waals surface area contributed by atoms with Crippen LogP contribution in [0.4, 0.5) is 13.2 Å². The summed E-state index contributed by atoms with van der Waals surface area (Å²) in [5, 5.41) is 2.95. The standard InChI is InChI=1S/C14H20F3N3O.HI/c1-2-6-19-13(18)20-8-11-4-3-5-12(7-11)9-21-10-14(15,16)17;/h3-5,7H,2,6,8-10H2,1H3,(H3,18,19,20);1H. The van der Waals surface area contributed by atoms with Gasteiger partial charge < -0.3 is 15.8 Å². The normalized spacial score (nSPS) is 11.9. The van der Waals surface area contributed by atoms with Gasteiger partial charge in [0.15, 0.2) is 5.96 Å². The summed E-state index contributed by atoms with van der Waals surface area (Å²) in [5.74, 6) is 0.357. The zero-order chi connectivity index (χ0) is 15.7. The van der Waals surface area contributed by atoms with E-state index >= 15 is 0 Å². The molecule has 0 bridgehead atoms. The number of nitrogens with one attached hydrogen (secondary N) is 1. The summed E-state index contributed by atoms with van der Waals surface area (Å²) in [6, 6.07) is 7.06. The third-order valence-electron chi connectivity index (χ3n) is 2.51. The number of aliphatic imine (C=N–C) groups is 1. The second kappa shape index (κ2) is 10.7. The Kier molecular flexibility index (Phi) is 10.2. The van der Waals surface area contributed by atoms with E-state index < -0.39 is 12.8 Å². The van der Waals surface area contributed by atoms with E-state index in [4.69, 9.17) is 5.73 Å². The molecule has 1 rings (SSSR count). The summed E-state index contributed by atoms with van der Waals surface area (Å²) >= 11 is 0. The predicted molar refractivity (Wildman–Crippen MR) is 91.2 cm³/mol. The first-order valence-electron chi connectivity index (χ1n) is 6.67. The van der Waals surface area contributed by atoms with Gasteiger partial charge in [-0.1, -0.05) is 31.2 Å². The molecule has 0 radical (unpaired) electrons. The molecule has 0 aliphatic heterocycles. The molecule has 1 aromatic rings. The van der Waals surface area contributed by atoms with E-state index in [1.165, 1.54) is 0 Å². The zero-order valence-electron chi connectivity index (χ0n) is 12.3. The fourth-order valence-electron chi connectivity index (χ4n) is 1.59. The molecule has 0 aromatic heterocycles. The first-order chi connectivity index (χ1) is 9.90. The number of benzene rings is 1. The Labute approximate surface area is 145 Å². The van der Waals surface area contributed by atoms with Gasteiger partial charge in [0.25, 0.3) is 0 Å². The highest BCUT2D eigenvalue weighted by atomic mass is 127. The number of halogens is 4. The fraction of sp³-hybridized carbons (Fsp3) is 0.500. The van der Waals surface area contributed by atoms with E-state index in [9.17, 15) is 13.2 Å². The zero-order valence-corrected chi connectivity index (χ0v) is 14.7. The van der Waals surface area contributed by atoms with Crippen LogP contribution in [0.1, 0.15) is 24.5 Å². The number of hydrogen-bond acceptors (Lipinski definition) is 2. The highest BCUT2D eigenvalue weighted by Crippen LogP contribution is 2.16. The minimum Gasteiger partial charge on any atom is -0.370 e. The number of hydrogen-bond donors (Lipinski definition) is 2. The molecule has 8 heteroatoms. The van der Waals surface area contributed by atoms with Gasteiger partial charge in [-0.05, 0) is 17.5 Å². The van der Waals surface area contributed by atoms with Crippen LogP contribution in [0.5, 0.6) is 0 Å². The van der Waals surface area contributed by atoms with Crippen molar-refractivity contribution in [2.45, 2.75) is 32.7 Å². The second-order valence-corrected chi connectivity index (χ2v) is 4.56. The lowest BCUT2D eigenvalue weighted by Crippen LogP contribution is -2.32.